The van der Waals surface area contributed by atoms with E-state index in [0.717, 1.165) is 0 Å². The number of hydrogen-bond acceptors (Lipinski definition) is 6. The molecule has 0 heterocycles. The van der Waals surface area contributed by atoms with Crippen molar-refractivity contribution in [2.24, 2.45) is 0 Å². The summed E-state index contributed by atoms with van der Waals surface area (Å²) in [5, 5.41) is 9.90. The van der Waals surface area contributed by atoms with Crippen LogP contribution in [0.1, 0.15) is 20.7 Å². The Kier molecular flexibility index (Phi) is 5.19. The Hall–Kier alpha value is -3.02. The summed E-state index contributed by atoms with van der Waals surface area (Å²) >= 11 is 0. The van der Waals surface area contributed by atoms with Crippen LogP contribution in [0.5, 0.6) is 17.2 Å². The molecule has 6 nitrogen and oxygen atoms in total. The van der Waals surface area contributed by atoms with Crippen molar-refractivity contribution >= 4 is 11.8 Å². The predicted octanol–water partition coefficient (Wildman–Crippen LogP) is 2.45. The lowest BCUT2D eigenvalue weighted by Gasteiger charge is -2.11. The number of methoxy groups -OCH3 is 2. The summed E-state index contributed by atoms with van der Waals surface area (Å²) < 4.78 is 15.1. The Bertz CT molecular complexity index is 709. The number of phenols is 1. The third-order valence-corrected chi connectivity index (χ3v) is 3.15. The van der Waals surface area contributed by atoms with Crippen molar-refractivity contribution in [2.45, 2.75) is 0 Å². The average Bonchev–Trinajstić information content (AvgIpc) is 2.59. The van der Waals surface area contributed by atoms with Gasteiger partial charge in [-0.15, -0.1) is 0 Å². The van der Waals surface area contributed by atoms with E-state index < -0.39 is 18.4 Å². The van der Waals surface area contributed by atoms with Crippen LogP contribution in [0.25, 0.3) is 0 Å². The molecule has 6 heteroatoms. The summed E-state index contributed by atoms with van der Waals surface area (Å²) in [5.41, 5.74) is 0.334. The van der Waals surface area contributed by atoms with Gasteiger partial charge >= 0.3 is 5.97 Å². The third-order valence-electron chi connectivity index (χ3n) is 3.15. The smallest absolute Gasteiger partial charge is 0.338 e. The van der Waals surface area contributed by atoms with Gasteiger partial charge in [0.2, 0.25) is 5.78 Å². The maximum absolute atomic E-state index is 12.1. The quantitative estimate of drug-likeness (QED) is 0.651. The van der Waals surface area contributed by atoms with Crippen LogP contribution < -0.4 is 9.47 Å². The predicted molar refractivity (Wildman–Crippen MR) is 82.3 cm³/mol. The molecule has 0 aliphatic rings. The molecule has 0 unspecified atom stereocenters. The van der Waals surface area contributed by atoms with E-state index in [1.54, 1.807) is 30.3 Å². The van der Waals surface area contributed by atoms with E-state index in [9.17, 15) is 14.7 Å². The van der Waals surface area contributed by atoms with Gasteiger partial charge in [0, 0.05) is 6.07 Å². The van der Waals surface area contributed by atoms with E-state index in [-0.39, 0.29) is 11.3 Å². The van der Waals surface area contributed by atoms with E-state index in [1.807, 2.05) is 0 Å². The highest BCUT2D eigenvalue weighted by molar-refractivity contribution is 6.01. The first-order valence-corrected chi connectivity index (χ1v) is 6.77. The number of esters is 1. The molecule has 2 aromatic rings. The molecule has 0 atom stereocenters. The molecule has 23 heavy (non-hydrogen) atoms. The third kappa shape index (κ3) is 3.79. The Morgan fingerprint density at radius 1 is 1.00 bits per heavy atom. The molecule has 0 saturated heterocycles. The molecule has 0 fully saturated rings. The van der Waals surface area contributed by atoms with Gasteiger partial charge in [0.15, 0.2) is 18.1 Å². The highest BCUT2D eigenvalue weighted by Gasteiger charge is 2.18. The molecular formula is C17H16O6. The minimum absolute atomic E-state index is 0.0106. The summed E-state index contributed by atoms with van der Waals surface area (Å²) in [7, 11) is 2.83. The lowest BCUT2D eigenvalue weighted by Crippen LogP contribution is -2.14. The Labute approximate surface area is 133 Å². The van der Waals surface area contributed by atoms with Crippen molar-refractivity contribution in [3.05, 3.63) is 53.6 Å². The number of carbonyl (C=O) groups is 2. The molecule has 0 amide bonds. The first-order chi connectivity index (χ1) is 11.1. The number of ether oxygens (including phenoxy) is 3. The van der Waals surface area contributed by atoms with Crippen LogP contribution in [-0.2, 0) is 4.74 Å². The first-order valence-electron chi connectivity index (χ1n) is 6.77. The van der Waals surface area contributed by atoms with Crippen LogP contribution >= 0.6 is 0 Å². The second-order valence-corrected chi connectivity index (χ2v) is 4.59. The second kappa shape index (κ2) is 7.31. The largest absolute Gasteiger partial charge is 0.507 e. The van der Waals surface area contributed by atoms with E-state index in [1.165, 1.54) is 26.4 Å². The Morgan fingerprint density at radius 3 is 2.22 bits per heavy atom. The van der Waals surface area contributed by atoms with Crippen molar-refractivity contribution < 1.29 is 28.9 Å². The van der Waals surface area contributed by atoms with Crippen LogP contribution in [0.2, 0.25) is 0 Å². The molecule has 2 rings (SSSR count). The number of Topliss-reactive ketones (excluding diaryl/α,β-unsaturated/α-hetero) is 1. The Morgan fingerprint density at radius 2 is 1.61 bits per heavy atom. The van der Waals surface area contributed by atoms with Crippen LogP contribution in [0, 0.1) is 0 Å². The maximum Gasteiger partial charge on any atom is 0.338 e. The number of carbonyl (C=O) groups excluding carboxylic acids is 2. The van der Waals surface area contributed by atoms with Crippen molar-refractivity contribution in [3.63, 3.8) is 0 Å². The van der Waals surface area contributed by atoms with Gasteiger partial charge in [0.1, 0.15) is 5.75 Å². The lowest BCUT2D eigenvalue weighted by molar-refractivity contribution is 0.0474. The second-order valence-electron chi connectivity index (χ2n) is 4.59. The van der Waals surface area contributed by atoms with E-state index in [0.29, 0.717) is 17.1 Å². The van der Waals surface area contributed by atoms with Crippen molar-refractivity contribution in [3.8, 4) is 17.2 Å². The summed E-state index contributed by atoms with van der Waals surface area (Å²) in [5.74, 6) is -0.846. The topological polar surface area (TPSA) is 82.1 Å². The highest BCUT2D eigenvalue weighted by Crippen LogP contribution is 2.34. The molecule has 0 radical (unpaired) electrons. The molecule has 0 aliphatic heterocycles. The summed E-state index contributed by atoms with van der Waals surface area (Å²) in [6.07, 6.45) is 0. The van der Waals surface area contributed by atoms with Crippen LogP contribution in [0.4, 0.5) is 0 Å². The molecular weight excluding hydrogens is 300 g/mol. The Balaban J connectivity index is 2.10. The maximum atomic E-state index is 12.1. The lowest BCUT2D eigenvalue weighted by atomic mass is 10.1. The first kappa shape index (κ1) is 16.4. The summed E-state index contributed by atoms with van der Waals surface area (Å²) in [4.78, 5) is 23.9. The molecule has 0 aliphatic carbocycles. The van der Waals surface area contributed by atoms with Gasteiger partial charge in [-0.25, -0.2) is 4.79 Å². The zero-order chi connectivity index (χ0) is 16.8. The molecule has 120 valence electrons. The van der Waals surface area contributed by atoms with Crippen molar-refractivity contribution in [1.29, 1.82) is 0 Å². The van der Waals surface area contributed by atoms with E-state index >= 15 is 0 Å². The molecule has 0 spiro atoms. The minimum atomic E-state index is -0.612. The van der Waals surface area contributed by atoms with E-state index in [4.69, 9.17) is 14.2 Å². The number of ketones is 1. The van der Waals surface area contributed by atoms with Crippen LogP contribution in [-0.4, -0.2) is 37.7 Å². The zero-order valence-corrected chi connectivity index (χ0v) is 12.7. The number of phenolic OH excluding ortho intramolecular Hbond substituents is 1. The number of hydrogen-bond donors (Lipinski definition) is 1. The van der Waals surface area contributed by atoms with E-state index in [2.05, 4.69) is 0 Å². The fraction of sp³-hybridized carbons (Fsp3) is 0.176. The van der Waals surface area contributed by atoms with Crippen molar-refractivity contribution in [1.82, 2.24) is 0 Å². The van der Waals surface area contributed by atoms with Gasteiger partial charge in [-0.1, -0.05) is 18.2 Å². The number of rotatable bonds is 6. The number of aromatic hydroxyl groups is 1. The van der Waals surface area contributed by atoms with Gasteiger partial charge in [0.05, 0.1) is 25.3 Å². The number of benzene rings is 2. The highest BCUT2D eigenvalue weighted by atomic mass is 16.5. The van der Waals surface area contributed by atoms with Gasteiger partial charge in [-0.05, 0) is 18.2 Å². The monoisotopic (exact) mass is 316 g/mol. The molecule has 2 aromatic carbocycles. The fourth-order valence-corrected chi connectivity index (χ4v) is 1.96. The molecule has 0 saturated carbocycles. The minimum Gasteiger partial charge on any atom is -0.507 e. The van der Waals surface area contributed by atoms with Gasteiger partial charge in [-0.3, -0.25) is 4.79 Å². The van der Waals surface area contributed by atoms with Crippen LogP contribution in [0.3, 0.4) is 0 Å². The van der Waals surface area contributed by atoms with Gasteiger partial charge < -0.3 is 19.3 Å². The molecule has 0 aromatic heterocycles. The summed E-state index contributed by atoms with van der Waals surface area (Å²) in [6, 6.07) is 10.9. The van der Waals surface area contributed by atoms with Crippen LogP contribution in [0.15, 0.2) is 42.5 Å². The average molecular weight is 316 g/mol. The normalized spacial score (nSPS) is 10.0. The fourth-order valence-electron chi connectivity index (χ4n) is 1.96. The van der Waals surface area contributed by atoms with Crippen molar-refractivity contribution in [2.75, 3.05) is 20.8 Å². The standard InChI is InChI=1S/C17H16O6/c1-21-15-8-12(13(18)9-16(15)22-2)14(19)10-23-17(20)11-6-4-3-5-7-11/h3-9,18H,10H2,1-2H3. The molecule has 0 bridgehead atoms. The zero-order valence-electron chi connectivity index (χ0n) is 12.7. The van der Waals surface area contributed by atoms with Gasteiger partial charge in [-0.2, -0.15) is 0 Å². The van der Waals surface area contributed by atoms with Gasteiger partial charge in [0.25, 0.3) is 0 Å². The molecule has 1 N–H and O–H groups in total. The summed E-state index contributed by atoms with van der Waals surface area (Å²) in [6.45, 7) is -0.489. The SMILES string of the molecule is COc1cc(O)c(C(=O)COC(=O)c2ccccc2)cc1OC.